The van der Waals surface area contributed by atoms with Crippen LogP contribution < -0.4 is 11.1 Å². The molecule has 168 valence electrons. The van der Waals surface area contributed by atoms with E-state index in [1.807, 2.05) is 0 Å². The number of benzene rings is 1. The first-order valence-electron chi connectivity index (χ1n) is 8.63. The van der Waals surface area contributed by atoms with E-state index < -0.39 is 40.4 Å². The maximum atomic E-state index is 15.2. The van der Waals surface area contributed by atoms with Gasteiger partial charge in [-0.3, -0.25) is 4.79 Å². The number of rotatable bonds is 3. The molecule has 0 fully saturated rings. The van der Waals surface area contributed by atoms with Crippen LogP contribution in [0.15, 0.2) is 35.5 Å². The molecule has 1 aromatic carbocycles. The molecule has 1 aromatic heterocycles. The Labute approximate surface area is 192 Å². The van der Waals surface area contributed by atoms with Crippen LogP contribution in [0.1, 0.15) is 36.8 Å². The molecule has 0 saturated heterocycles. The summed E-state index contributed by atoms with van der Waals surface area (Å²) in [6.45, 7) is 3.31. The Morgan fingerprint density at radius 3 is 2.45 bits per heavy atom. The van der Waals surface area contributed by atoms with Crippen molar-refractivity contribution in [2.75, 3.05) is 5.32 Å². The molecule has 1 amide bonds. The first-order chi connectivity index (χ1) is 13.8. The van der Waals surface area contributed by atoms with E-state index >= 15 is 8.78 Å². The summed E-state index contributed by atoms with van der Waals surface area (Å²) in [5.41, 5.74) is 0.556. The van der Waals surface area contributed by atoms with Gasteiger partial charge in [0.15, 0.2) is 11.1 Å². The van der Waals surface area contributed by atoms with Gasteiger partial charge in [-0.25, -0.2) is 14.4 Å². The largest absolute Gasteiger partial charge is 0.453 e. The highest BCUT2D eigenvalue weighted by Gasteiger charge is 2.66. The van der Waals surface area contributed by atoms with Crippen LogP contribution in [0.5, 0.6) is 0 Å². The topological polar surface area (TPSA) is 89.6 Å². The van der Waals surface area contributed by atoms with Crippen molar-refractivity contribution in [2.45, 2.75) is 37.8 Å². The van der Waals surface area contributed by atoms with Crippen molar-refractivity contribution in [3.63, 3.8) is 0 Å². The minimum absolute atomic E-state index is 0. The predicted molar refractivity (Wildman–Crippen MR) is 115 cm³/mol. The first-order valence-corrected chi connectivity index (χ1v) is 9.38. The normalized spacial score (nSPS) is 21.4. The Kier molecular flexibility index (Phi) is 6.76. The lowest BCUT2D eigenvalue weighted by atomic mass is 9.77. The number of aromatic nitrogens is 1. The van der Waals surface area contributed by atoms with E-state index in [0.29, 0.717) is 0 Å². The molecule has 0 unspecified atom stereocenters. The zero-order chi connectivity index (χ0) is 22.5. The average molecular weight is 498 g/mol. The molecule has 31 heavy (non-hydrogen) atoms. The van der Waals surface area contributed by atoms with Gasteiger partial charge in [0.05, 0.1) is 10.0 Å². The summed E-state index contributed by atoms with van der Waals surface area (Å²) in [6, 6.07) is 4.03. The van der Waals surface area contributed by atoms with Gasteiger partial charge >= 0.3 is 5.92 Å². The smallest absolute Gasteiger partial charge is 0.315 e. The third-order valence-corrected chi connectivity index (χ3v) is 5.33. The summed E-state index contributed by atoms with van der Waals surface area (Å²) < 4.78 is 50.1. The van der Waals surface area contributed by atoms with Crippen LogP contribution in [-0.4, -0.2) is 28.4 Å². The second-order valence-corrected chi connectivity index (χ2v) is 8.19. The maximum absolute atomic E-state index is 15.2. The van der Waals surface area contributed by atoms with Gasteiger partial charge in [-0.15, -0.1) is 12.4 Å². The first kappa shape index (κ1) is 25.0. The Morgan fingerprint density at radius 1 is 1.19 bits per heavy atom. The van der Waals surface area contributed by atoms with E-state index in [0.717, 1.165) is 32.9 Å². The summed E-state index contributed by atoms with van der Waals surface area (Å²) in [7, 11) is 0. The minimum atomic E-state index is -3.65. The fraction of sp³-hybridized carbons (Fsp3) is 0.316. The van der Waals surface area contributed by atoms with Crippen LogP contribution in [-0.2, 0) is 10.3 Å². The molecular formula is C19H18Cl3F3N4O2. The van der Waals surface area contributed by atoms with Crippen molar-refractivity contribution in [1.29, 1.82) is 0 Å². The van der Waals surface area contributed by atoms with E-state index in [-0.39, 0.29) is 33.8 Å². The van der Waals surface area contributed by atoms with Crippen molar-refractivity contribution >= 4 is 53.2 Å². The summed E-state index contributed by atoms with van der Waals surface area (Å²) >= 11 is 11.7. The minimum Gasteiger partial charge on any atom is -0.453 e. The molecule has 1 aliphatic rings. The monoisotopic (exact) mass is 496 g/mol. The number of aliphatic imine (C=N–C) groups is 1. The van der Waals surface area contributed by atoms with Gasteiger partial charge in [0.25, 0.3) is 11.9 Å². The third kappa shape index (κ3) is 4.26. The molecule has 0 aliphatic carbocycles. The summed E-state index contributed by atoms with van der Waals surface area (Å²) in [6.07, 6.45) is 1.22. The summed E-state index contributed by atoms with van der Waals surface area (Å²) in [5, 5.41) is 2.67. The molecule has 12 heteroatoms. The molecule has 1 aliphatic heterocycles. The number of halogens is 6. The third-order valence-electron chi connectivity index (χ3n) is 4.83. The van der Waals surface area contributed by atoms with E-state index in [9.17, 15) is 9.18 Å². The zero-order valence-corrected chi connectivity index (χ0v) is 18.8. The summed E-state index contributed by atoms with van der Waals surface area (Å²) in [5.74, 6) is -5.33. The van der Waals surface area contributed by atoms with E-state index in [4.69, 9.17) is 33.7 Å². The number of pyridine rings is 1. The SMILES string of the molecule is CC1(C)OC(N)=N[C@](C)(c2cc(NC(=O)c3ncc(Cl)cc3Cl)ccc2F)C1(F)F.Cl. The number of hydrogen-bond acceptors (Lipinski definition) is 5. The molecule has 0 radical (unpaired) electrons. The molecule has 0 bridgehead atoms. The molecule has 2 heterocycles. The van der Waals surface area contributed by atoms with Crippen molar-refractivity contribution in [3.8, 4) is 0 Å². The molecular weight excluding hydrogens is 480 g/mol. The Hall–Kier alpha value is -2.23. The Balaban J connectivity index is 0.00000341. The highest BCUT2D eigenvalue weighted by Crippen LogP contribution is 2.51. The van der Waals surface area contributed by atoms with Gasteiger partial charge < -0.3 is 15.8 Å². The van der Waals surface area contributed by atoms with Crippen LogP contribution in [0.4, 0.5) is 18.9 Å². The quantitative estimate of drug-likeness (QED) is 0.612. The molecule has 6 nitrogen and oxygen atoms in total. The van der Waals surface area contributed by atoms with Gasteiger partial charge in [0.1, 0.15) is 11.5 Å². The van der Waals surface area contributed by atoms with Crippen molar-refractivity contribution in [3.05, 3.63) is 57.6 Å². The second kappa shape index (κ2) is 8.37. The molecule has 0 saturated carbocycles. The number of nitrogens with zero attached hydrogens (tertiary/aromatic N) is 2. The summed E-state index contributed by atoms with van der Waals surface area (Å²) in [4.78, 5) is 20.0. The van der Waals surface area contributed by atoms with Crippen LogP contribution in [0.3, 0.4) is 0 Å². The van der Waals surface area contributed by atoms with Crippen molar-refractivity contribution in [2.24, 2.45) is 10.7 Å². The number of nitrogens with one attached hydrogen (secondary N) is 1. The highest BCUT2D eigenvalue weighted by atomic mass is 35.5. The van der Waals surface area contributed by atoms with Crippen LogP contribution in [0.25, 0.3) is 0 Å². The molecule has 0 spiro atoms. The number of ether oxygens (including phenoxy) is 1. The fourth-order valence-corrected chi connectivity index (χ4v) is 3.67. The molecule has 1 atom stereocenters. The molecule has 2 aromatic rings. The number of nitrogens with two attached hydrogens (primary N) is 1. The van der Waals surface area contributed by atoms with Crippen LogP contribution in [0.2, 0.25) is 10.0 Å². The van der Waals surface area contributed by atoms with E-state index in [1.54, 1.807) is 0 Å². The van der Waals surface area contributed by atoms with Crippen molar-refractivity contribution < 1.29 is 22.7 Å². The maximum Gasteiger partial charge on any atom is 0.315 e. The van der Waals surface area contributed by atoms with Gasteiger partial charge in [-0.1, -0.05) is 23.2 Å². The van der Waals surface area contributed by atoms with Gasteiger partial charge in [-0.05, 0) is 45.0 Å². The number of amides is 1. The fourth-order valence-electron chi connectivity index (χ4n) is 3.20. The van der Waals surface area contributed by atoms with Gasteiger partial charge in [0, 0.05) is 17.4 Å². The van der Waals surface area contributed by atoms with E-state index in [1.165, 1.54) is 18.3 Å². The Morgan fingerprint density at radius 2 is 1.84 bits per heavy atom. The van der Waals surface area contributed by atoms with Gasteiger partial charge in [0.2, 0.25) is 0 Å². The number of amidine groups is 1. The highest BCUT2D eigenvalue weighted by molar-refractivity contribution is 6.36. The predicted octanol–water partition coefficient (Wildman–Crippen LogP) is 5.18. The standard InChI is InChI=1S/C19H17Cl2F3N4O2.ClH/c1-17(2)19(23,24)18(3,28-16(25)30-17)11-7-10(4-5-13(11)22)27-15(29)14-12(21)6-9(20)8-26-14;/h4-8H,1-3H3,(H2,25,28)(H,27,29);1H/t18-;/m1./s1. The zero-order valence-electron chi connectivity index (χ0n) is 16.5. The molecule has 3 N–H and O–H groups in total. The number of carbonyl (C=O) groups is 1. The lowest BCUT2D eigenvalue weighted by Crippen LogP contribution is -2.62. The number of alkyl halides is 2. The lowest BCUT2D eigenvalue weighted by molar-refractivity contribution is -0.207. The van der Waals surface area contributed by atoms with Crippen LogP contribution in [0, 0.1) is 5.82 Å². The average Bonchev–Trinajstić information content (AvgIpc) is 2.61. The van der Waals surface area contributed by atoms with Crippen molar-refractivity contribution in [1.82, 2.24) is 4.98 Å². The lowest BCUT2D eigenvalue weighted by Gasteiger charge is -2.46. The van der Waals surface area contributed by atoms with Gasteiger partial charge in [-0.2, -0.15) is 8.78 Å². The molecule has 3 rings (SSSR count). The van der Waals surface area contributed by atoms with Crippen LogP contribution >= 0.6 is 35.6 Å². The number of hydrogen-bond donors (Lipinski definition) is 2. The number of carbonyl (C=O) groups excluding carboxylic acids is 1. The second-order valence-electron chi connectivity index (χ2n) is 7.34. The van der Waals surface area contributed by atoms with E-state index in [2.05, 4.69) is 15.3 Å². The Bertz CT molecular complexity index is 1070. The number of anilines is 1.